The molecule has 19 heavy (non-hydrogen) atoms. The molecule has 1 aliphatic carbocycles. The van der Waals surface area contributed by atoms with E-state index < -0.39 is 0 Å². The van der Waals surface area contributed by atoms with Crippen LogP contribution in [0.15, 0.2) is 24.3 Å². The van der Waals surface area contributed by atoms with E-state index in [0.717, 1.165) is 19.1 Å². The van der Waals surface area contributed by atoms with Crippen LogP contribution in [-0.4, -0.2) is 19.2 Å². The summed E-state index contributed by atoms with van der Waals surface area (Å²) in [5.41, 5.74) is 2.85. The lowest BCUT2D eigenvalue weighted by molar-refractivity contribution is -0.000235. The first-order valence-electron chi connectivity index (χ1n) is 7.79. The fourth-order valence-electron chi connectivity index (χ4n) is 3.50. The van der Waals surface area contributed by atoms with Gasteiger partial charge < -0.3 is 10.1 Å². The van der Waals surface area contributed by atoms with Crippen molar-refractivity contribution < 1.29 is 4.74 Å². The number of nitrogens with one attached hydrogen (secondary N) is 1. The van der Waals surface area contributed by atoms with Gasteiger partial charge in [0.05, 0.1) is 12.7 Å². The lowest BCUT2D eigenvalue weighted by Crippen LogP contribution is -2.41. The number of hydrogen-bond donors (Lipinski definition) is 1. The van der Waals surface area contributed by atoms with Gasteiger partial charge in [-0.3, -0.25) is 0 Å². The summed E-state index contributed by atoms with van der Waals surface area (Å²) in [6.45, 7) is 4.00. The maximum atomic E-state index is 5.90. The van der Waals surface area contributed by atoms with Crippen LogP contribution in [0.2, 0.25) is 0 Å². The van der Waals surface area contributed by atoms with E-state index in [-0.39, 0.29) is 6.10 Å². The molecule has 0 amide bonds. The summed E-state index contributed by atoms with van der Waals surface area (Å²) in [5.74, 6) is 0.797. The Morgan fingerprint density at radius 3 is 2.37 bits per heavy atom. The van der Waals surface area contributed by atoms with Crippen molar-refractivity contribution in [2.75, 3.05) is 13.2 Å². The zero-order chi connectivity index (χ0) is 13.1. The van der Waals surface area contributed by atoms with Crippen LogP contribution >= 0.6 is 0 Å². The van der Waals surface area contributed by atoms with Gasteiger partial charge in [0.2, 0.25) is 0 Å². The van der Waals surface area contributed by atoms with Gasteiger partial charge >= 0.3 is 0 Å². The lowest BCUT2D eigenvalue weighted by Gasteiger charge is -2.31. The second-order valence-corrected chi connectivity index (χ2v) is 6.04. The molecule has 2 fully saturated rings. The number of ether oxygens (including phenoxy) is 1. The van der Waals surface area contributed by atoms with Crippen LogP contribution in [0.5, 0.6) is 0 Å². The smallest absolute Gasteiger partial charge is 0.0975 e. The average molecular weight is 259 g/mol. The Morgan fingerprint density at radius 1 is 1.00 bits per heavy atom. The van der Waals surface area contributed by atoms with Crippen LogP contribution in [0.3, 0.4) is 0 Å². The first-order chi connectivity index (χ1) is 9.34. The molecule has 0 radical (unpaired) electrons. The maximum Gasteiger partial charge on any atom is 0.0975 e. The molecule has 1 N–H and O–H groups in total. The molecule has 0 spiro atoms. The zero-order valence-corrected chi connectivity index (χ0v) is 11.9. The van der Waals surface area contributed by atoms with Gasteiger partial charge in [0, 0.05) is 12.6 Å². The lowest BCUT2D eigenvalue weighted by atomic mass is 9.83. The molecule has 1 aliphatic heterocycles. The van der Waals surface area contributed by atoms with Crippen molar-refractivity contribution in [2.24, 2.45) is 0 Å². The van der Waals surface area contributed by atoms with Crippen molar-refractivity contribution in [3.63, 3.8) is 0 Å². The minimum Gasteiger partial charge on any atom is -0.371 e. The maximum absolute atomic E-state index is 5.90. The molecule has 104 valence electrons. The Bertz CT molecular complexity index is 394. The normalized spacial score (nSPS) is 29.3. The molecular weight excluding hydrogens is 234 g/mol. The SMILES string of the molecule is CC1NCCOC1c1ccc(C2CCCCC2)cc1. The van der Waals surface area contributed by atoms with Gasteiger partial charge in [0.15, 0.2) is 0 Å². The average Bonchev–Trinajstić information content (AvgIpc) is 2.49. The molecule has 2 unspecified atom stereocenters. The summed E-state index contributed by atoms with van der Waals surface area (Å²) in [5, 5.41) is 3.48. The van der Waals surface area contributed by atoms with Gasteiger partial charge in [0.1, 0.15) is 0 Å². The van der Waals surface area contributed by atoms with Crippen molar-refractivity contribution in [1.29, 1.82) is 0 Å². The Labute approximate surface area is 116 Å². The molecule has 1 saturated heterocycles. The third-order valence-corrected chi connectivity index (χ3v) is 4.66. The molecule has 0 bridgehead atoms. The van der Waals surface area contributed by atoms with E-state index in [4.69, 9.17) is 4.74 Å². The van der Waals surface area contributed by atoms with Gasteiger partial charge in [-0.25, -0.2) is 0 Å². The van der Waals surface area contributed by atoms with Crippen molar-refractivity contribution >= 4 is 0 Å². The van der Waals surface area contributed by atoms with E-state index in [2.05, 4.69) is 36.5 Å². The molecule has 1 saturated carbocycles. The third-order valence-electron chi connectivity index (χ3n) is 4.66. The van der Waals surface area contributed by atoms with Crippen LogP contribution in [0.1, 0.15) is 62.2 Å². The van der Waals surface area contributed by atoms with Crippen LogP contribution in [0.4, 0.5) is 0 Å². The molecule has 0 aromatic heterocycles. The topological polar surface area (TPSA) is 21.3 Å². The van der Waals surface area contributed by atoms with E-state index in [1.54, 1.807) is 0 Å². The first-order valence-corrected chi connectivity index (χ1v) is 7.79. The van der Waals surface area contributed by atoms with Gasteiger partial charge in [-0.2, -0.15) is 0 Å². The summed E-state index contributed by atoms with van der Waals surface area (Å²) in [7, 11) is 0. The Kier molecular flexibility index (Phi) is 4.19. The minimum absolute atomic E-state index is 0.217. The van der Waals surface area contributed by atoms with Crippen molar-refractivity contribution in [3.8, 4) is 0 Å². The largest absolute Gasteiger partial charge is 0.371 e. The highest BCUT2D eigenvalue weighted by Crippen LogP contribution is 2.33. The molecule has 1 heterocycles. The van der Waals surface area contributed by atoms with E-state index >= 15 is 0 Å². The van der Waals surface area contributed by atoms with Crippen LogP contribution < -0.4 is 5.32 Å². The van der Waals surface area contributed by atoms with E-state index in [1.165, 1.54) is 43.2 Å². The van der Waals surface area contributed by atoms with Crippen molar-refractivity contribution in [3.05, 3.63) is 35.4 Å². The zero-order valence-electron chi connectivity index (χ0n) is 11.9. The van der Waals surface area contributed by atoms with E-state index in [9.17, 15) is 0 Å². The Balaban J connectivity index is 1.70. The third kappa shape index (κ3) is 3.01. The van der Waals surface area contributed by atoms with Crippen molar-refractivity contribution in [2.45, 2.75) is 57.1 Å². The van der Waals surface area contributed by atoms with Crippen molar-refractivity contribution in [1.82, 2.24) is 5.32 Å². The van der Waals surface area contributed by atoms with Crippen LogP contribution in [0.25, 0.3) is 0 Å². The van der Waals surface area contributed by atoms with Crippen LogP contribution in [-0.2, 0) is 4.74 Å². The van der Waals surface area contributed by atoms with Gasteiger partial charge in [-0.1, -0.05) is 43.5 Å². The second kappa shape index (κ2) is 6.06. The predicted molar refractivity (Wildman–Crippen MR) is 78.4 cm³/mol. The number of hydrogen-bond acceptors (Lipinski definition) is 2. The molecular formula is C17H25NO. The number of rotatable bonds is 2. The van der Waals surface area contributed by atoms with Gasteiger partial charge in [-0.15, -0.1) is 0 Å². The fraction of sp³-hybridized carbons (Fsp3) is 0.647. The predicted octanol–water partition coefficient (Wildman–Crippen LogP) is 3.78. The molecule has 2 atom stereocenters. The summed E-state index contributed by atoms with van der Waals surface area (Å²) in [6, 6.07) is 9.62. The summed E-state index contributed by atoms with van der Waals surface area (Å²) in [6.07, 6.45) is 7.19. The molecule has 2 nitrogen and oxygen atoms in total. The first kappa shape index (κ1) is 13.1. The Morgan fingerprint density at radius 2 is 1.68 bits per heavy atom. The second-order valence-electron chi connectivity index (χ2n) is 6.04. The summed E-state index contributed by atoms with van der Waals surface area (Å²) >= 11 is 0. The van der Waals surface area contributed by atoms with Gasteiger partial charge in [-0.05, 0) is 36.8 Å². The van der Waals surface area contributed by atoms with Crippen LogP contribution in [0, 0.1) is 0 Å². The highest BCUT2D eigenvalue weighted by molar-refractivity contribution is 5.28. The fourth-order valence-corrected chi connectivity index (χ4v) is 3.50. The molecule has 2 heteroatoms. The monoisotopic (exact) mass is 259 g/mol. The molecule has 3 rings (SSSR count). The molecule has 1 aromatic rings. The highest BCUT2D eigenvalue weighted by Gasteiger charge is 2.23. The minimum atomic E-state index is 0.217. The number of benzene rings is 1. The highest BCUT2D eigenvalue weighted by atomic mass is 16.5. The summed E-state index contributed by atoms with van der Waals surface area (Å²) in [4.78, 5) is 0. The van der Waals surface area contributed by atoms with E-state index in [0.29, 0.717) is 6.04 Å². The standard InChI is InChI=1S/C17H25NO/c1-13-17(19-12-11-18-13)16-9-7-15(8-10-16)14-5-3-2-4-6-14/h7-10,13-14,17-18H,2-6,11-12H2,1H3. The summed E-state index contributed by atoms with van der Waals surface area (Å²) < 4.78 is 5.90. The van der Waals surface area contributed by atoms with E-state index in [1.807, 2.05) is 0 Å². The number of morpholine rings is 1. The quantitative estimate of drug-likeness (QED) is 0.872. The Hall–Kier alpha value is -0.860. The van der Waals surface area contributed by atoms with Gasteiger partial charge in [0.25, 0.3) is 0 Å². The molecule has 1 aromatic carbocycles. The molecule has 2 aliphatic rings.